The number of rotatable bonds is 4. The van der Waals surface area contributed by atoms with Crippen LogP contribution in [0.4, 0.5) is 0 Å². The molecule has 2 amide bonds. The van der Waals surface area contributed by atoms with E-state index in [-0.39, 0.29) is 17.7 Å². The Morgan fingerprint density at radius 3 is 2.78 bits per heavy atom. The third-order valence-electron chi connectivity index (χ3n) is 6.81. The Kier molecular flexibility index (Phi) is 4.51. The van der Waals surface area contributed by atoms with Gasteiger partial charge in [-0.1, -0.05) is 13.0 Å². The first kappa shape index (κ1) is 19.5. The number of aromatic amines is 1. The van der Waals surface area contributed by atoms with E-state index in [1.165, 1.54) is 0 Å². The van der Waals surface area contributed by atoms with Gasteiger partial charge in [-0.15, -0.1) is 11.3 Å². The Balaban J connectivity index is 1.57. The topological polar surface area (TPSA) is 91.3 Å². The quantitative estimate of drug-likeness (QED) is 0.419. The molecule has 1 unspecified atom stereocenters. The molecule has 4 aromatic heterocycles. The molecular formula is C24H23N5O2S. The first-order valence-electron chi connectivity index (χ1n) is 11.0. The average Bonchev–Trinajstić information content (AvgIpc) is 3.56. The zero-order valence-corrected chi connectivity index (χ0v) is 18.5. The van der Waals surface area contributed by atoms with Gasteiger partial charge in [-0.05, 0) is 55.4 Å². The predicted octanol–water partition coefficient (Wildman–Crippen LogP) is 3.55. The van der Waals surface area contributed by atoms with Crippen LogP contribution in [-0.2, 0) is 9.59 Å². The third kappa shape index (κ3) is 2.87. The number of H-pyrrole nitrogens is 1. The molecule has 2 aliphatic heterocycles. The lowest BCUT2D eigenvalue weighted by molar-refractivity contribution is -0.122. The maximum absolute atomic E-state index is 13.0. The van der Waals surface area contributed by atoms with Crippen LogP contribution in [0.25, 0.3) is 26.9 Å². The number of hydrogen-bond acceptors (Lipinski definition) is 5. The van der Waals surface area contributed by atoms with Gasteiger partial charge >= 0.3 is 0 Å². The van der Waals surface area contributed by atoms with Crippen LogP contribution in [-0.4, -0.2) is 39.3 Å². The van der Waals surface area contributed by atoms with Gasteiger partial charge in [0.15, 0.2) is 0 Å². The van der Waals surface area contributed by atoms with Gasteiger partial charge in [0.05, 0.1) is 16.7 Å². The molecule has 0 aliphatic carbocycles. The van der Waals surface area contributed by atoms with Gasteiger partial charge in [-0.2, -0.15) is 0 Å². The fraction of sp³-hybridized carbons (Fsp3) is 0.292. The van der Waals surface area contributed by atoms with Crippen molar-refractivity contribution in [3.05, 3.63) is 59.1 Å². The SMILES string of the molecule is CC(c1nc(C2=C(c3c[nH]c4sccc34)C(=O)NC2=O)c2ccccn12)C1CCNCC1. The Morgan fingerprint density at radius 2 is 1.94 bits per heavy atom. The molecule has 8 heteroatoms. The molecule has 4 aromatic rings. The number of hydrogen-bond donors (Lipinski definition) is 3. The van der Waals surface area contributed by atoms with Crippen LogP contribution in [0.1, 0.15) is 42.8 Å². The standard InChI is InChI=1S/C24H23N5O2S/c1-13(14-5-8-25-9-6-14)21-27-20(17-4-2-3-10-29(17)21)19-18(22(30)28-23(19)31)16-12-26-24-15(16)7-11-32-24/h2-4,7,10-14,25-26H,5-6,8-9H2,1H3,(H,28,30,31). The summed E-state index contributed by atoms with van der Waals surface area (Å²) in [4.78, 5) is 35.2. The van der Waals surface area contributed by atoms with Crippen LogP contribution in [0.2, 0.25) is 0 Å². The highest BCUT2D eigenvalue weighted by Crippen LogP contribution is 2.39. The third-order valence-corrected chi connectivity index (χ3v) is 7.66. The largest absolute Gasteiger partial charge is 0.352 e. The highest BCUT2D eigenvalue weighted by Gasteiger charge is 2.37. The molecule has 162 valence electrons. The number of nitrogens with one attached hydrogen (secondary N) is 3. The van der Waals surface area contributed by atoms with Crippen molar-refractivity contribution in [2.75, 3.05) is 13.1 Å². The fourth-order valence-corrected chi connectivity index (χ4v) is 5.89. The lowest BCUT2D eigenvalue weighted by atomic mass is 9.85. The number of carbonyl (C=O) groups is 2. The van der Waals surface area contributed by atoms with Gasteiger partial charge in [0, 0.05) is 29.3 Å². The summed E-state index contributed by atoms with van der Waals surface area (Å²) in [5.41, 5.74) is 2.91. The molecule has 6 rings (SSSR count). The number of pyridine rings is 1. The average molecular weight is 446 g/mol. The summed E-state index contributed by atoms with van der Waals surface area (Å²) in [6.07, 6.45) is 6.02. The van der Waals surface area contributed by atoms with Crippen LogP contribution >= 0.6 is 11.3 Å². The number of nitrogens with zero attached hydrogens (tertiary/aromatic N) is 2. The molecular weight excluding hydrogens is 422 g/mol. The molecule has 0 radical (unpaired) electrons. The number of imidazole rings is 1. The number of imide groups is 1. The summed E-state index contributed by atoms with van der Waals surface area (Å²) in [6.45, 7) is 4.25. The fourth-order valence-electron chi connectivity index (χ4n) is 5.12. The molecule has 1 fully saturated rings. The van der Waals surface area contributed by atoms with E-state index in [9.17, 15) is 9.59 Å². The van der Waals surface area contributed by atoms with E-state index in [4.69, 9.17) is 4.98 Å². The van der Waals surface area contributed by atoms with Crippen LogP contribution in [0.5, 0.6) is 0 Å². The number of fused-ring (bicyclic) bond motifs is 2. The van der Waals surface area contributed by atoms with Gasteiger partial charge < -0.3 is 14.7 Å². The van der Waals surface area contributed by atoms with Crippen molar-refractivity contribution in [3.8, 4) is 0 Å². The first-order chi connectivity index (χ1) is 15.6. The summed E-state index contributed by atoms with van der Waals surface area (Å²) in [5, 5.41) is 8.85. The molecule has 0 aromatic carbocycles. The molecule has 6 heterocycles. The van der Waals surface area contributed by atoms with Crippen molar-refractivity contribution >= 4 is 50.0 Å². The van der Waals surface area contributed by atoms with Crippen molar-refractivity contribution in [2.24, 2.45) is 5.92 Å². The number of thiophene rings is 1. The number of amides is 2. The van der Waals surface area contributed by atoms with Crippen molar-refractivity contribution in [2.45, 2.75) is 25.7 Å². The highest BCUT2D eigenvalue weighted by molar-refractivity contribution is 7.16. The molecule has 32 heavy (non-hydrogen) atoms. The second-order valence-electron chi connectivity index (χ2n) is 8.55. The Bertz CT molecular complexity index is 1400. The van der Waals surface area contributed by atoms with Crippen molar-refractivity contribution in [1.82, 2.24) is 25.0 Å². The van der Waals surface area contributed by atoms with Crippen molar-refractivity contribution < 1.29 is 9.59 Å². The Morgan fingerprint density at radius 1 is 1.12 bits per heavy atom. The van der Waals surface area contributed by atoms with E-state index < -0.39 is 0 Å². The Labute approximate surface area is 188 Å². The summed E-state index contributed by atoms with van der Waals surface area (Å²) < 4.78 is 2.08. The number of aromatic nitrogens is 3. The van der Waals surface area contributed by atoms with Gasteiger partial charge in [0.1, 0.15) is 16.3 Å². The van der Waals surface area contributed by atoms with Crippen LogP contribution in [0.3, 0.4) is 0 Å². The second-order valence-corrected chi connectivity index (χ2v) is 9.47. The second kappa shape index (κ2) is 7.43. The molecule has 3 N–H and O–H groups in total. The molecule has 1 saturated heterocycles. The monoisotopic (exact) mass is 445 g/mol. The predicted molar refractivity (Wildman–Crippen MR) is 125 cm³/mol. The lowest BCUT2D eigenvalue weighted by Crippen LogP contribution is -2.30. The van der Waals surface area contributed by atoms with E-state index in [1.807, 2.05) is 42.0 Å². The zero-order valence-electron chi connectivity index (χ0n) is 17.6. The zero-order chi connectivity index (χ0) is 21.8. The van der Waals surface area contributed by atoms with E-state index >= 15 is 0 Å². The van der Waals surface area contributed by atoms with Crippen LogP contribution in [0.15, 0.2) is 42.0 Å². The minimum atomic E-state index is -0.389. The van der Waals surface area contributed by atoms with Crippen LogP contribution < -0.4 is 10.6 Å². The molecule has 7 nitrogen and oxygen atoms in total. The van der Waals surface area contributed by atoms with Gasteiger partial charge in [0.25, 0.3) is 11.8 Å². The molecule has 0 spiro atoms. The van der Waals surface area contributed by atoms with Gasteiger partial charge in [-0.25, -0.2) is 4.98 Å². The van der Waals surface area contributed by atoms with Crippen molar-refractivity contribution in [1.29, 1.82) is 0 Å². The number of carbonyl (C=O) groups excluding carboxylic acids is 2. The van der Waals surface area contributed by atoms with Gasteiger partial charge in [0.2, 0.25) is 0 Å². The maximum Gasteiger partial charge on any atom is 0.261 e. The Hall–Kier alpha value is -3.23. The molecule has 0 saturated carbocycles. The highest BCUT2D eigenvalue weighted by atomic mass is 32.1. The van der Waals surface area contributed by atoms with E-state index in [0.29, 0.717) is 22.8 Å². The van der Waals surface area contributed by atoms with E-state index in [0.717, 1.165) is 53.1 Å². The van der Waals surface area contributed by atoms with Crippen LogP contribution in [0, 0.1) is 5.92 Å². The maximum atomic E-state index is 13.0. The lowest BCUT2D eigenvalue weighted by Gasteiger charge is -2.27. The van der Waals surface area contributed by atoms with Gasteiger partial charge in [-0.3, -0.25) is 14.9 Å². The smallest absolute Gasteiger partial charge is 0.261 e. The summed E-state index contributed by atoms with van der Waals surface area (Å²) in [5.74, 6) is 0.941. The molecule has 2 aliphatic rings. The molecule has 0 bridgehead atoms. The summed E-state index contributed by atoms with van der Waals surface area (Å²) >= 11 is 1.57. The summed E-state index contributed by atoms with van der Waals surface area (Å²) in [6, 6.07) is 7.87. The summed E-state index contributed by atoms with van der Waals surface area (Å²) in [7, 11) is 0. The minimum Gasteiger partial charge on any atom is -0.352 e. The number of piperidine rings is 1. The molecule has 1 atom stereocenters. The van der Waals surface area contributed by atoms with E-state index in [2.05, 4.69) is 26.9 Å². The van der Waals surface area contributed by atoms with Crippen molar-refractivity contribution in [3.63, 3.8) is 0 Å². The first-order valence-corrected chi connectivity index (χ1v) is 11.8. The minimum absolute atomic E-state index is 0.237. The van der Waals surface area contributed by atoms with E-state index in [1.54, 1.807) is 11.3 Å². The normalized spacial score (nSPS) is 18.8.